The third-order valence-corrected chi connectivity index (χ3v) is 7.80. The number of aromatic nitrogens is 4. The van der Waals surface area contributed by atoms with E-state index >= 15 is 0 Å². The molecule has 0 fully saturated rings. The number of alkyl halides is 1. The predicted octanol–water partition coefficient (Wildman–Crippen LogP) is 8.59. The number of hydrogen-bond donors (Lipinski definition) is 1. The van der Waals surface area contributed by atoms with Gasteiger partial charge in [-0.2, -0.15) is 0 Å². The highest BCUT2D eigenvalue weighted by Crippen LogP contribution is 2.32. The molecule has 10 heteroatoms. The van der Waals surface area contributed by atoms with Crippen molar-refractivity contribution >= 4 is 45.3 Å². The Morgan fingerprint density at radius 3 is 1.97 bits per heavy atom. The first-order valence-electron chi connectivity index (χ1n) is 12.5. The fourth-order valence-corrected chi connectivity index (χ4v) is 5.69. The highest BCUT2D eigenvalue weighted by molar-refractivity contribution is 14.1. The van der Waals surface area contributed by atoms with Gasteiger partial charge in [0.25, 0.3) is 0 Å². The van der Waals surface area contributed by atoms with Gasteiger partial charge in [0.1, 0.15) is 21.6 Å². The van der Waals surface area contributed by atoms with Crippen molar-refractivity contribution in [2.24, 2.45) is 0 Å². The van der Waals surface area contributed by atoms with Crippen LogP contribution in [0, 0.1) is 11.6 Å². The van der Waals surface area contributed by atoms with Crippen LogP contribution in [0.5, 0.6) is 0 Å². The first-order valence-corrected chi connectivity index (χ1v) is 15.0. The molecular formula is C28H29F2IN4OS2. The number of benzene rings is 2. The summed E-state index contributed by atoms with van der Waals surface area (Å²) < 4.78 is 34.6. The molecule has 3 heterocycles. The quantitative estimate of drug-likeness (QED) is 0.140. The van der Waals surface area contributed by atoms with Crippen LogP contribution in [0.1, 0.15) is 50.0 Å². The minimum Gasteiger partial charge on any atom is -0.388 e. The number of aliphatic hydroxyl groups is 1. The topological polar surface area (TPSA) is 63.8 Å². The number of rotatable bonds is 7. The molecule has 0 bridgehead atoms. The van der Waals surface area contributed by atoms with Crippen LogP contribution in [-0.2, 0) is 0 Å². The second kappa shape index (κ2) is 15.2. The van der Waals surface area contributed by atoms with Crippen molar-refractivity contribution in [3.63, 3.8) is 0 Å². The predicted molar refractivity (Wildman–Crippen MR) is 161 cm³/mol. The molecule has 3 aromatic heterocycles. The molecule has 2 aromatic carbocycles. The lowest BCUT2D eigenvalue weighted by Gasteiger charge is -2.13. The van der Waals surface area contributed by atoms with Crippen LogP contribution < -0.4 is 0 Å². The van der Waals surface area contributed by atoms with Gasteiger partial charge < -0.3 is 9.67 Å². The first-order chi connectivity index (χ1) is 18.9. The van der Waals surface area contributed by atoms with Crippen molar-refractivity contribution in [1.29, 1.82) is 0 Å². The summed E-state index contributed by atoms with van der Waals surface area (Å²) >= 11 is 4.95. The van der Waals surface area contributed by atoms with E-state index in [-0.39, 0.29) is 17.7 Å². The maximum Gasteiger partial charge on any atom is 0.123 e. The summed E-state index contributed by atoms with van der Waals surface area (Å²) in [6.45, 7) is 4.04. The maximum absolute atomic E-state index is 13.3. The Morgan fingerprint density at radius 2 is 1.50 bits per heavy atom. The van der Waals surface area contributed by atoms with Crippen LogP contribution >= 0.6 is 45.3 Å². The summed E-state index contributed by atoms with van der Waals surface area (Å²) in [4.78, 5) is 15.2. The van der Waals surface area contributed by atoms with E-state index in [9.17, 15) is 13.9 Å². The zero-order valence-corrected chi connectivity index (χ0v) is 24.8. The molecule has 5 nitrogen and oxygen atoms in total. The standard InChI is InChI=1S/C15H14FN3S.C12H12FNOS.CH3I/c1-2-13(19-7-6-17-10-19)14-9-18-15(20-14)11-4-3-5-12(16)8-11;1-2-10(15)11-7-14-12(16-11)8-4-3-5-9(13)6-8;1-2/h3-10,13H,2H2,1H3;3-7,10,15H,2H2,1H3;1H3/i;;1D. The van der Waals surface area contributed by atoms with Gasteiger partial charge in [0, 0.05) is 42.2 Å². The van der Waals surface area contributed by atoms with E-state index in [2.05, 4.69) is 26.4 Å². The Balaban J connectivity index is 0.000000200. The van der Waals surface area contributed by atoms with Crippen molar-refractivity contribution in [1.82, 2.24) is 19.5 Å². The largest absolute Gasteiger partial charge is 0.388 e. The Kier molecular flexibility index (Phi) is 11.4. The Labute approximate surface area is 244 Å². The molecule has 0 radical (unpaired) electrons. The molecule has 5 rings (SSSR count). The van der Waals surface area contributed by atoms with Crippen molar-refractivity contribution < 1.29 is 15.3 Å². The molecule has 0 amide bonds. The van der Waals surface area contributed by atoms with Gasteiger partial charge in [0.2, 0.25) is 0 Å². The highest BCUT2D eigenvalue weighted by atomic mass is 127. The van der Waals surface area contributed by atoms with Gasteiger partial charge in [-0.15, -0.1) is 22.7 Å². The highest BCUT2D eigenvalue weighted by Gasteiger charge is 2.15. The van der Waals surface area contributed by atoms with Crippen LogP contribution in [0.4, 0.5) is 8.78 Å². The third kappa shape index (κ3) is 7.98. The monoisotopic (exact) mass is 667 g/mol. The summed E-state index contributed by atoms with van der Waals surface area (Å²) in [5.41, 5.74) is 1.57. The third-order valence-electron chi connectivity index (χ3n) is 5.51. The van der Waals surface area contributed by atoms with Crippen molar-refractivity contribution in [2.45, 2.75) is 38.8 Å². The molecule has 5 aromatic rings. The van der Waals surface area contributed by atoms with Gasteiger partial charge >= 0.3 is 0 Å². The lowest BCUT2D eigenvalue weighted by molar-refractivity contribution is 0.177. The minimum absolute atomic E-state index is 0.234. The minimum atomic E-state index is -0.472. The number of aliphatic hydroxyl groups excluding tert-OH is 1. The van der Waals surface area contributed by atoms with Crippen LogP contribution in [0.3, 0.4) is 0 Å². The normalized spacial score (nSPS) is 12.4. The van der Waals surface area contributed by atoms with Crippen LogP contribution in [0.15, 0.2) is 79.6 Å². The Hall–Kier alpha value is -2.54. The average Bonchev–Trinajstić information content (AvgIpc) is 3.73. The zero-order valence-electron chi connectivity index (χ0n) is 22.0. The van der Waals surface area contributed by atoms with E-state index in [1.54, 1.807) is 35.9 Å². The molecule has 0 aliphatic carbocycles. The lowest BCUT2D eigenvalue weighted by atomic mass is 10.2. The van der Waals surface area contributed by atoms with E-state index < -0.39 is 6.10 Å². The van der Waals surface area contributed by atoms with Crippen molar-refractivity contribution in [3.05, 3.63) is 101 Å². The van der Waals surface area contributed by atoms with Gasteiger partial charge in [-0.1, -0.05) is 60.7 Å². The number of thiazole rings is 2. The Morgan fingerprint density at radius 1 is 0.947 bits per heavy atom. The van der Waals surface area contributed by atoms with Gasteiger partial charge in [-0.05, 0) is 42.0 Å². The second-order valence-electron chi connectivity index (χ2n) is 8.01. The Bertz CT molecular complexity index is 1410. The van der Waals surface area contributed by atoms with Crippen molar-refractivity contribution in [2.75, 3.05) is 4.91 Å². The van der Waals surface area contributed by atoms with E-state index in [0.717, 1.165) is 37.3 Å². The van der Waals surface area contributed by atoms with Gasteiger partial charge in [0.15, 0.2) is 0 Å². The fraction of sp³-hybridized carbons (Fsp3) is 0.250. The van der Waals surface area contributed by atoms with E-state index in [1.165, 1.54) is 35.6 Å². The molecular weight excluding hydrogens is 637 g/mol. The summed E-state index contributed by atoms with van der Waals surface area (Å²) in [6, 6.07) is 13.1. The number of hydrogen-bond acceptors (Lipinski definition) is 6. The number of halogens is 3. The number of imidazole rings is 1. The van der Waals surface area contributed by atoms with Crippen LogP contribution in [0.2, 0.25) is 0 Å². The van der Waals surface area contributed by atoms with Gasteiger partial charge in [0.05, 0.1) is 23.4 Å². The summed E-state index contributed by atoms with van der Waals surface area (Å²) in [7, 11) is 0. The molecule has 0 saturated carbocycles. The van der Waals surface area contributed by atoms with Crippen LogP contribution in [0.25, 0.3) is 21.1 Å². The SMILES string of the molecule is CCC(O)c1cnc(-c2cccc(F)c2)s1.CCC(c1cnc(-c2cccc(F)c2)s1)n1ccnc1.[2H]CI. The number of nitrogens with zero attached hydrogens (tertiary/aromatic N) is 4. The smallest absolute Gasteiger partial charge is 0.123 e. The second-order valence-corrected chi connectivity index (χ2v) is 10.1. The molecule has 2 unspecified atom stereocenters. The molecule has 200 valence electrons. The molecule has 0 aliphatic rings. The average molecular weight is 668 g/mol. The fourth-order valence-electron chi connectivity index (χ4n) is 3.61. The van der Waals surface area contributed by atoms with Crippen molar-refractivity contribution in [3.8, 4) is 21.1 Å². The lowest BCUT2D eigenvalue weighted by Crippen LogP contribution is -2.05. The van der Waals surface area contributed by atoms with Gasteiger partial charge in [-0.3, -0.25) is 0 Å². The maximum atomic E-state index is 13.3. The summed E-state index contributed by atoms with van der Waals surface area (Å²) in [6.07, 6.45) is 10.2. The molecule has 0 spiro atoms. The van der Waals surface area contributed by atoms with Gasteiger partial charge in [-0.25, -0.2) is 23.7 Å². The van der Waals surface area contributed by atoms with E-state index in [0.29, 0.717) is 11.3 Å². The summed E-state index contributed by atoms with van der Waals surface area (Å²) in [5, 5.41) is 11.2. The molecule has 38 heavy (non-hydrogen) atoms. The molecule has 0 aliphatic heterocycles. The first kappa shape index (κ1) is 28.5. The molecule has 2 atom stereocenters. The molecule has 1 N–H and O–H groups in total. The van der Waals surface area contributed by atoms with E-state index in [4.69, 9.17) is 1.37 Å². The van der Waals surface area contributed by atoms with Crippen LogP contribution in [-0.4, -0.2) is 29.5 Å². The zero-order chi connectivity index (χ0) is 28.2. The molecule has 0 saturated heterocycles. The summed E-state index contributed by atoms with van der Waals surface area (Å²) in [5.74, 6) is -0.508. The van der Waals surface area contributed by atoms with E-state index in [1.807, 2.05) is 60.4 Å².